The van der Waals surface area contributed by atoms with E-state index >= 15 is 0 Å². The second kappa shape index (κ2) is 18.2. The van der Waals surface area contributed by atoms with Gasteiger partial charge in [0.2, 0.25) is 0 Å². The highest BCUT2D eigenvalue weighted by Gasteiger charge is 1.97. The molecule has 0 aromatic rings. The molecule has 4 heteroatoms. The molecule has 0 heterocycles. The zero-order chi connectivity index (χ0) is 20.3. The summed E-state index contributed by atoms with van der Waals surface area (Å²) >= 11 is 0. The Morgan fingerprint density at radius 1 is 0.815 bits per heavy atom. The van der Waals surface area contributed by atoms with Gasteiger partial charge in [-0.1, -0.05) is 49.2 Å². The van der Waals surface area contributed by atoms with Crippen LogP contribution in [0.25, 0.3) is 0 Å². The molecule has 0 atom stereocenters. The summed E-state index contributed by atoms with van der Waals surface area (Å²) < 4.78 is 11.0. The third kappa shape index (κ3) is 19.4. The van der Waals surface area contributed by atoms with Crippen molar-refractivity contribution in [1.29, 1.82) is 0 Å². The van der Waals surface area contributed by atoms with E-state index < -0.39 is 0 Å². The maximum Gasteiger partial charge on any atom is 0.140 e. The van der Waals surface area contributed by atoms with Crippen molar-refractivity contribution < 1.29 is 14.3 Å². The molecule has 0 aliphatic carbocycles. The third-order valence-corrected chi connectivity index (χ3v) is 4.22. The molecule has 158 valence electrons. The van der Waals surface area contributed by atoms with Crippen LogP contribution in [0.15, 0.2) is 28.5 Å². The number of rotatable bonds is 17. The van der Waals surface area contributed by atoms with Gasteiger partial charge in [-0.3, -0.25) is 0 Å². The summed E-state index contributed by atoms with van der Waals surface area (Å²) in [5.74, 6) is 0.687. The first kappa shape index (κ1) is 25.9. The highest BCUT2D eigenvalue weighted by molar-refractivity contribution is 5.81. The summed E-state index contributed by atoms with van der Waals surface area (Å²) in [6.45, 7) is 16.1. The van der Waals surface area contributed by atoms with Gasteiger partial charge in [-0.15, -0.1) is 0 Å². The van der Waals surface area contributed by atoms with Gasteiger partial charge in [0, 0.05) is 6.61 Å². The lowest BCUT2D eigenvalue weighted by molar-refractivity contribution is 0.0138. The van der Waals surface area contributed by atoms with E-state index in [9.17, 15) is 0 Å². The van der Waals surface area contributed by atoms with Gasteiger partial charge in [0.15, 0.2) is 0 Å². The molecule has 0 saturated heterocycles. The standard InChI is InChI=1S/C23H43NO3/c1-7-9-21(4)10-8-11-22(5)12-13-23(6)24-27-19-18-26-17-16-25-15-14-20(2)3/h9,11,20H,7-8,10,12-19H2,1-6H3/b21-9+,22-11+,24-23+. The number of hydrogen-bond acceptors (Lipinski definition) is 4. The molecule has 0 aromatic heterocycles. The van der Waals surface area contributed by atoms with E-state index in [1.54, 1.807) is 0 Å². The van der Waals surface area contributed by atoms with Gasteiger partial charge in [0.05, 0.1) is 25.5 Å². The fourth-order valence-corrected chi connectivity index (χ4v) is 2.42. The second-order valence-corrected chi connectivity index (χ2v) is 7.61. The molecule has 0 aliphatic heterocycles. The first-order valence-corrected chi connectivity index (χ1v) is 10.6. The van der Waals surface area contributed by atoms with E-state index in [1.165, 1.54) is 11.1 Å². The Morgan fingerprint density at radius 2 is 1.44 bits per heavy atom. The summed E-state index contributed by atoms with van der Waals surface area (Å²) in [6, 6.07) is 0. The van der Waals surface area contributed by atoms with Crippen molar-refractivity contribution in [2.45, 2.75) is 80.1 Å². The Labute approximate surface area is 168 Å². The molecule has 0 radical (unpaired) electrons. The summed E-state index contributed by atoms with van der Waals surface area (Å²) in [5, 5.41) is 4.16. The number of allylic oxidation sites excluding steroid dienone is 4. The first-order valence-electron chi connectivity index (χ1n) is 10.6. The molecular weight excluding hydrogens is 338 g/mol. The number of hydrogen-bond donors (Lipinski definition) is 0. The largest absolute Gasteiger partial charge is 0.393 e. The maximum atomic E-state index is 5.49. The van der Waals surface area contributed by atoms with Crippen LogP contribution in [0.4, 0.5) is 0 Å². The van der Waals surface area contributed by atoms with Crippen molar-refractivity contribution in [3.63, 3.8) is 0 Å². The van der Waals surface area contributed by atoms with Crippen molar-refractivity contribution >= 4 is 5.71 Å². The topological polar surface area (TPSA) is 40.0 Å². The van der Waals surface area contributed by atoms with E-state index in [1.807, 2.05) is 6.92 Å². The van der Waals surface area contributed by atoms with Crippen LogP contribution >= 0.6 is 0 Å². The molecule has 0 rings (SSSR count). The minimum absolute atomic E-state index is 0.487. The predicted molar refractivity (Wildman–Crippen MR) is 116 cm³/mol. The van der Waals surface area contributed by atoms with Crippen molar-refractivity contribution in [3.05, 3.63) is 23.3 Å². The van der Waals surface area contributed by atoms with Crippen LogP contribution < -0.4 is 0 Å². The lowest BCUT2D eigenvalue weighted by atomic mass is 10.1. The van der Waals surface area contributed by atoms with Crippen molar-refractivity contribution in [2.75, 3.05) is 33.0 Å². The third-order valence-electron chi connectivity index (χ3n) is 4.22. The zero-order valence-electron chi connectivity index (χ0n) is 18.7. The monoisotopic (exact) mass is 381 g/mol. The van der Waals surface area contributed by atoms with E-state index in [-0.39, 0.29) is 0 Å². The van der Waals surface area contributed by atoms with Crippen molar-refractivity contribution in [1.82, 2.24) is 0 Å². The average molecular weight is 382 g/mol. The maximum absolute atomic E-state index is 5.49. The summed E-state index contributed by atoms with van der Waals surface area (Å²) in [5.41, 5.74) is 3.94. The number of oxime groups is 1. The van der Waals surface area contributed by atoms with Crippen molar-refractivity contribution in [2.24, 2.45) is 11.1 Å². The molecule has 0 unspecified atom stereocenters. The minimum Gasteiger partial charge on any atom is -0.393 e. The van der Waals surface area contributed by atoms with Gasteiger partial charge >= 0.3 is 0 Å². The van der Waals surface area contributed by atoms with Gasteiger partial charge in [-0.05, 0) is 65.2 Å². The molecular formula is C23H43NO3. The van der Waals surface area contributed by atoms with Gasteiger partial charge in [-0.2, -0.15) is 0 Å². The Hall–Kier alpha value is -1.13. The Balaban J connectivity index is 3.63. The Kier molecular flexibility index (Phi) is 17.5. The van der Waals surface area contributed by atoms with Crippen LogP contribution in [0.5, 0.6) is 0 Å². The molecule has 0 N–H and O–H groups in total. The first-order chi connectivity index (χ1) is 13.0. The van der Waals surface area contributed by atoms with Crippen LogP contribution in [-0.4, -0.2) is 38.7 Å². The van der Waals surface area contributed by atoms with Crippen LogP contribution in [0.2, 0.25) is 0 Å². The Morgan fingerprint density at radius 3 is 2.11 bits per heavy atom. The lowest BCUT2D eigenvalue weighted by Crippen LogP contribution is -2.09. The molecule has 0 amide bonds. The fourth-order valence-electron chi connectivity index (χ4n) is 2.42. The van der Waals surface area contributed by atoms with Crippen LogP contribution in [-0.2, 0) is 14.3 Å². The number of nitrogens with zero attached hydrogens (tertiary/aromatic N) is 1. The summed E-state index contributed by atoms with van der Waals surface area (Å²) in [4.78, 5) is 5.32. The highest BCUT2D eigenvalue weighted by Crippen LogP contribution is 2.11. The minimum atomic E-state index is 0.487. The molecule has 27 heavy (non-hydrogen) atoms. The zero-order valence-corrected chi connectivity index (χ0v) is 18.7. The predicted octanol–water partition coefficient (Wildman–Crippen LogP) is 6.32. The van der Waals surface area contributed by atoms with Gasteiger partial charge in [0.25, 0.3) is 0 Å². The smallest absolute Gasteiger partial charge is 0.140 e. The molecule has 0 bridgehead atoms. The van der Waals surface area contributed by atoms with Crippen LogP contribution in [0, 0.1) is 5.92 Å². The second-order valence-electron chi connectivity index (χ2n) is 7.61. The highest BCUT2D eigenvalue weighted by atomic mass is 16.6. The van der Waals surface area contributed by atoms with Gasteiger partial charge in [-0.25, -0.2) is 0 Å². The average Bonchev–Trinajstić information content (AvgIpc) is 2.61. The molecule has 0 aromatic carbocycles. The normalized spacial score (nSPS) is 13.5. The molecule has 0 spiro atoms. The van der Waals surface area contributed by atoms with Crippen LogP contribution in [0.1, 0.15) is 80.1 Å². The number of ether oxygens (including phenoxy) is 2. The van der Waals surface area contributed by atoms with Gasteiger partial charge < -0.3 is 14.3 Å². The SMILES string of the molecule is CC/C=C(\C)CC/C=C(\C)CC/C(C)=N/OCCOCCOCCC(C)C. The molecule has 0 fully saturated rings. The van der Waals surface area contributed by atoms with E-state index in [0.29, 0.717) is 32.3 Å². The summed E-state index contributed by atoms with van der Waals surface area (Å²) in [7, 11) is 0. The van der Waals surface area contributed by atoms with E-state index in [2.05, 4.69) is 51.9 Å². The molecule has 0 aliphatic rings. The lowest BCUT2D eigenvalue weighted by Gasteiger charge is -2.07. The fraction of sp³-hybridized carbons (Fsp3) is 0.783. The quantitative estimate of drug-likeness (QED) is 0.128. The van der Waals surface area contributed by atoms with E-state index in [0.717, 1.165) is 50.8 Å². The van der Waals surface area contributed by atoms with Crippen LogP contribution in [0.3, 0.4) is 0 Å². The van der Waals surface area contributed by atoms with Crippen molar-refractivity contribution in [3.8, 4) is 0 Å². The van der Waals surface area contributed by atoms with E-state index in [4.69, 9.17) is 14.3 Å². The molecule has 4 nitrogen and oxygen atoms in total. The molecule has 0 saturated carbocycles. The van der Waals surface area contributed by atoms with Gasteiger partial charge in [0.1, 0.15) is 6.61 Å². The Bertz CT molecular complexity index is 439. The summed E-state index contributed by atoms with van der Waals surface area (Å²) in [6.07, 6.45) is 11.1.